The molecule has 1 aliphatic rings. The zero-order valence-corrected chi connectivity index (χ0v) is 11.1. The van der Waals surface area contributed by atoms with Crippen molar-refractivity contribution >= 4 is 5.82 Å². The topological polar surface area (TPSA) is 66.9 Å². The van der Waals surface area contributed by atoms with E-state index in [4.69, 9.17) is 4.74 Å². The lowest BCUT2D eigenvalue weighted by atomic mass is 10.00. The molecule has 1 aliphatic heterocycles. The van der Waals surface area contributed by atoms with Crippen molar-refractivity contribution in [3.8, 4) is 0 Å². The van der Waals surface area contributed by atoms with Gasteiger partial charge < -0.3 is 9.64 Å². The van der Waals surface area contributed by atoms with E-state index in [0.717, 1.165) is 30.3 Å². The summed E-state index contributed by atoms with van der Waals surface area (Å²) in [6.45, 7) is 6.28. The number of hydrogen-bond donors (Lipinski definition) is 1. The average molecular weight is 259 g/mol. The fraction of sp³-hybridized carbons (Fsp3) is 0.462. The molecule has 0 aromatic carbocycles. The number of aromatic amines is 1. The fourth-order valence-electron chi connectivity index (χ4n) is 2.39. The highest BCUT2D eigenvalue weighted by Crippen LogP contribution is 2.29. The van der Waals surface area contributed by atoms with E-state index < -0.39 is 0 Å². The molecule has 0 aliphatic carbocycles. The quantitative estimate of drug-likeness (QED) is 0.879. The van der Waals surface area contributed by atoms with Crippen molar-refractivity contribution in [3.05, 3.63) is 36.0 Å². The lowest BCUT2D eigenvalue weighted by Crippen LogP contribution is -2.48. The summed E-state index contributed by atoms with van der Waals surface area (Å²) in [5.41, 5.74) is 1.58. The van der Waals surface area contributed by atoms with Gasteiger partial charge in [-0.3, -0.25) is 5.10 Å². The Morgan fingerprint density at radius 3 is 3.05 bits per heavy atom. The van der Waals surface area contributed by atoms with Crippen LogP contribution in [0.25, 0.3) is 0 Å². The Labute approximate surface area is 111 Å². The van der Waals surface area contributed by atoms with E-state index in [1.54, 1.807) is 12.5 Å². The molecule has 100 valence electrons. The van der Waals surface area contributed by atoms with E-state index in [2.05, 4.69) is 32.0 Å². The molecule has 0 spiro atoms. The van der Waals surface area contributed by atoms with E-state index in [1.807, 2.05) is 19.1 Å². The predicted molar refractivity (Wildman–Crippen MR) is 70.9 cm³/mol. The summed E-state index contributed by atoms with van der Waals surface area (Å²) in [6.07, 6.45) is 3.35. The molecule has 0 saturated carbocycles. The maximum atomic E-state index is 5.94. The first kappa shape index (κ1) is 12.1. The summed E-state index contributed by atoms with van der Waals surface area (Å²) < 4.78 is 5.94. The second-order valence-corrected chi connectivity index (χ2v) is 4.99. The smallest absolute Gasteiger partial charge is 0.132 e. The summed E-state index contributed by atoms with van der Waals surface area (Å²) in [6, 6.07) is 3.95. The summed E-state index contributed by atoms with van der Waals surface area (Å²) in [7, 11) is 0. The van der Waals surface area contributed by atoms with Gasteiger partial charge in [-0.05, 0) is 19.9 Å². The van der Waals surface area contributed by atoms with Crippen molar-refractivity contribution < 1.29 is 4.74 Å². The van der Waals surface area contributed by atoms with Gasteiger partial charge in [-0.15, -0.1) is 0 Å². The molecule has 6 heteroatoms. The number of nitrogens with zero attached hydrogens (tertiary/aromatic N) is 4. The third-order valence-electron chi connectivity index (χ3n) is 3.46. The van der Waals surface area contributed by atoms with Gasteiger partial charge in [0.05, 0.1) is 18.8 Å². The number of aryl methyl sites for hydroxylation is 1. The number of hydrogen-bond acceptors (Lipinski definition) is 5. The van der Waals surface area contributed by atoms with Crippen molar-refractivity contribution in [2.75, 3.05) is 24.6 Å². The molecule has 2 aromatic heterocycles. The lowest BCUT2D eigenvalue weighted by molar-refractivity contribution is -0.0498. The molecule has 1 atom stereocenters. The molecule has 19 heavy (non-hydrogen) atoms. The van der Waals surface area contributed by atoms with Gasteiger partial charge in [0.2, 0.25) is 0 Å². The van der Waals surface area contributed by atoms with E-state index in [1.165, 1.54) is 0 Å². The van der Waals surface area contributed by atoms with Crippen molar-refractivity contribution in [2.24, 2.45) is 0 Å². The molecule has 2 aromatic rings. The number of aromatic nitrogens is 4. The second kappa shape index (κ2) is 4.62. The summed E-state index contributed by atoms with van der Waals surface area (Å²) in [4.78, 5) is 10.7. The van der Waals surface area contributed by atoms with E-state index in [9.17, 15) is 0 Å². The maximum absolute atomic E-state index is 5.94. The summed E-state index contributed by atoms with van der Waals surface area (Å²) in [5.74, 6) is 0.946. The Balaban J connectivity index is 1.86. The highest BCUT2D eigenvalue weighted by molar-refractivity contribution is 5.40. The molecular weight excluding hydrogens is 242 g/mol. The minimum Gasteiger partial charge on any atom is -0.365 e. The van der Waals surface area contributed by atoms with Crippen LogP contribution in [0.5, 0.6) is 0 Å². The standard InChI is InChI=1S/C13H17N5O/c1-10-7-12(15-9-14-10)18-5-6-19-13(2,8-18)11-3-4-16-17-11/h3-4,7,9H,5-6,8H2,1-2H3,(H,16,17)/t13-/m1/s1. The van der Waals surface area contributed by atoms with Crippen molar-refractivity contribution in [1.82, 2.24) is 20.2 Å². The lowest BCUT2D eigenvalue weighted by Gasteiger charge is -2.40. The van der Waals surface area contributed by atoms with Crippen LogP contribution in [-0.2, 0) is 10.3 Å². The maximum Gasteiger partial charge on any atom is 0.132 e. The van der Waals surface area contributed by atoms with Crippen molar-refractivity contribution in [2.45, 2.75) is 19.4 Å². The minimum atomic E-state index is -0.381. The van der Waals surface area contributed by atoms with Crippen LogP contribution in [0, 0.1) is 6.92 Å². The van der Waals surface area contributed by atoms with Crippen LogP contribution in [-0.4, -0.2) is 39.9 Å². The number of ether oxygens (including phenoxy) is 1. The Hall–Kier alpha value is -1.95. The van der Waals surface area contributed by atoms with Gasteiger partial charge in [0, 0.05) is 24.5 Å². The Morgan fingerprint density at radius 2 is 2.32 bits per heavy atom. The van der Waals surface area contributed by atoms with Gasteiger partial charge in [-0.25, -0.2) is 9.97 Å². The predicted octanol–water partition coefficient (Wildman–Crippen LogP) is 1.26. The van der Waals surface area contributed by atoms with E-state index in [-0.39, 0.29) is 5.60 Å². The first-order valence-corrected chi connectivity index (χ1v) is 6.35. The van der Waals surface area contributed by atoms with Gasteiger partial charge in [-0.1, -0.05) is 0 Å². The van der Waals surface area contributed by atoms with Gasteiger partial charge in [0.15, 0.2) is 0 Å². The van der Waals surface area contributed by atoms with Crippen LogP contribution in [0.4, 0.5) is 5.82 Å². The largest absolute Gasteiger partial charge is 0.365 e. The highest BCUT2D eigenvalue weighted by atomic mass is 16.5. The number of anilines is 1. The zero-order valence-electron chi connectivity index (χ0n) is 11.1. The molecule has 1 fully saturated rings. The SMILES string of the molecule is Cc1cc(N2CCO[C@@](C)(c3ccn[nH]3)C2)ncn1. The van der Waals surface area contributed by atoms with Gasteiger partial charge >= 0.3 is 0 Å². The number of rotatable bonds is 2. The first-order chi connectivity index (χ1) is 9.17. The third-order valence-corrected chi connectivity index (χ3v) is 3.46. The highest BCUT2D eigenvalue weighted by Gasteiger charge is 2.35. The second-order valence-electron chi connectivity index (χ2n) is 4.99. The van der Waals surface area contributed by atoms with Crippen LogP contribution in [0.15, 0.2) is 24.7 Å². The van der Waals surface area contributed by atoms with Crippen molar-refractivity contribution in [3.63, 3.8) is 0 Å². The van der Waals surface area contributed by atoms with Gasteiger partial charge in [-0.2, -0.15) is 5.10 Å². The number of nitrogens with one attached hydrogen (secondary N) is 1. The van der Waals surface area contributed by atoms with Crippen LogP contribution in [0.1, 0.15) is 18.3 Å². The Morgan fingerprint density at radius 1 is 1.42 bits per heavy atom. The monoisotopic (exact) mass is 259 g/mol. The average Bonchev–Trinajstić information content (AvgIpc) is 2.93. The van der Waals surface area contributed by atoms with E-state index in [0.29, 0.717) is 6.61 Å². The molecule has 1 saturated heterocycles. The molecule has 0 radical (unpaired) electrons. The fourth-order valence-corrected chi connectivity index (χ4v) is 2.39. The van der Waals surface area contributed by atoms with Crippen LogP contribution < -0.4 is 4.90 Å². The Bertz CT molecular complexity index is 556. The third kappa shape index (κ3) is 2.31. The van der Waals surface area contributed by atoms with Gasteiger partial charge in [0.1, 0.15) is 17.7 Å². The normalized spacial score (nSPS) is 23.6. The number of H-pyrrole nitrogens is 1. The first-order valence-electron chi connectivity index (χ1n) is 6.35. The van der Waals surface area contributed by atoms with E-state index >= 15 is 0 Å². The molecular formula is C13H17N5O. The zero-order chi connectivity index (χ0) is 13.3. The number of morpholine rings is 1. The van der Waals surface area contributed by atoms with Gasteiger partial charge in [0.25, 0.3) is 0 Å². The molecule has 0 amide bonds. The van der Waals surface area contributed by atoms with Crippen molar-refractivity contribution in [1.29, 1.82) is 0 Å². The van der Waals surface area contributed by atoms with Crippen LogP contribution >= 0.6 is 0 Å². The van der Waals surface area contributed by atoms with Crippen LogP contribution in [0.2, 0.25) is 0 Å². The summed E-state index contributed by atoms with van der Waals surface area (Å²) in [5, 5.41) is 7.00. The molecule has 0 unspecified atom stereocenters. The molecule has 3 rings (SSSR count). The minimum absolute atomic E-state index is 0.381. The molecule has 1 N–H and O–H groups in total. The van der Waals surface area contributed by atoms with Crippen LogP contribution in [0.3, 0.4) is 0 Å². The Kier molecular flexibility index (Phi) is 2.94. The molecule has 0 bridgehead atoms. The molecule has 6 nitrogen and oxygen atoms in total. The summed E-state index contributed by atoms with van der Waals surface area (Å²) >= 11 is 0. The molecule has 3 heterocycles.